The van der Waals surface area contributed by atoms with E-state index in [1.165, 1.54) is 41.5 Å². The summed E-state index contributed by atoms with van der Waals surface area (Å²) >= 11 is 0. The normalized spacial score (nSPS) is 10.9. The highest BCUT2D eigenvalue weighted by Crippen LogP contribution is 2.16. The Morgan fingerprint density at radius 2 is 1.55 bits per heavy atom. The van der Waals surface area contributed by atoms with E-state index in [2.05, 4.69) is 30.8 Å². The van der Waals surface area contributed by atoms with Crippen LogP contribution in [0.4, 0.5) is 4.39 Å². The SMILES string of the molecule is C=C(C)c1ccc(CCCCOc2ccc(C=CC(=O)c3ccc(F)cc3)cc2)cc1. The molecular formula is C28H27FO2. The summed E-state index contributed by atoms with van der Waals surface area (Å²) in [6.07, 6.45) is 6.32. The molecule has 0 heterocycles. The van der Waals surface area contributed by atoms with E-state index in [1.807, 2.05) is 31.2 Å². The Kier molecular flexibility index (Phi) is 7.94. The third kappa shape index (κ3) is 7.07. The largest absolute Gasteiger partial charge is 0.494 e. The van der Waals surface area contributed by atoms with Crippen LogP contribution in [0.3, 0.4) is 0 Å². The van der Waals surface area contributed by atoms with Crippen molar-refractivity contribution in [2.24, 2.45) is 0 Å². The lowest BCUT2D eigenvalue weighted by molar-refractivity contribution is 0.104. The van der Waals surface area contributed by atoms with Crippen LogP contribution in [0.2, 0.25) is 0 Å². The molecule has 31 heavy (non-hydrogen) atoms. The molecule has 0 aliphatic heterocycles. The summed E-state index contributed by atoms with van der Waals surface area (Å²) in [5, 5.41) is 0. The van der Waals surface area contributed by atoms with Crippen LogP contribution in [0.15, 0.2) is 85.5 Å². The number of halogens is 1. The van der Waals surface area contributed by atoms with Gasteiger partial charge in [-0.15, -0.1) is 0 Å². The van der Waals surface area contributed by atoms with Gasteiger partial charge in [-0.1, -0.05) is 54.6 Å². The molecule has 158 valence electrons. The molecule has 0 aromatic heterocycles. The summed E-state index contributed by atoms with van der Waals surface area (Å²) in [6, 6.07) is 21.7. The number of rotatable bonds is 10. The molecule has 0 spiro atoms. The van der Waals surface area contributed by atoms with Gasteiger partial charge in [0.1, 0.15) is 11.6 Å². The lowest BCUT2D eigenvalue weighted by Gasteiger charge is -2.07. The van der Waals surface area contributed by atoms with Crippen molar-refractivity contribution in [1.82, 2.24) is 0 Å². The Hall–Kier alpha value is -3.46. The number of aryl methyl sites for hydroxylation is 1. The first-order valence-corrected chi connectivity index (χ1v) is 10.5. The van der Waals surface area contributed by atoms with Gasteiger partial charge in [-0.25, -0.2) is 4.39 Å². The van der Waals surface area contributed by atoms with Crippen LogP contribution in [-0.2, 0) is 6.42 Å². The summed E-state index contributed by atoms with van der Waals surface area (Å²) in [6.45, 7) is 6.65. The van der Waals surface area contributed by atoms with Crippen LogP contribution in [-0.4, -0.2) is 12.4 Å². The molecule has 0 aliphatic rings. The molecule has 3 aromatic rings. The van der Waals surface area contributed by atoms with E-state index in [0.717, 1.165) is 36.1 Å². The van der Waals surface area contributed by atoms with Crippen LogP contribution >= 0.6 is 0 Å². The Labute approximate surface area is 183 Å². The molecule has 3 aromatic carbocycles. The molecule has 0 fully saturated rings. The summed E-state index contributed by atoms with van der Waals surface area (Å²) in [4.78, 5) is 12.1. The Bertz CT molecular complexity index is 1030. The molecule has 0 amide bonds. The first kappa shape index (κ1) is 22.2. The minimum atomic E-state index is -0.353. The number of benzene rings is 3. The van der Waals surface area contributed by atoms with Crippen molar-refractivity contribution >= 4 is 17.4 Å². The predicted molar refractivity (Wildman–Crippen MR) is 126 cm³/mol. The summed E-state index contributed by atoms with van der Waals surface area (Å²) in [5.74, 6) is 0.302. The molecule has 2 nitrogen and oxygen atoms in total. The van der Waals surface area contributed by atoms with Crippen LogP contribution in [0, 0.1) is 5.82 Å². The average molecular weight is 415 g/mol. The molecule has 0 N–H and O–H groups in total. The number of hydrogen-bond donors (Lipinski definition) is 0. The van der Waals surface area contributed by atoms with Crippen LogP contribution in [0.5, 0.6) is 5.75 Å². The fourth-order valence-corrected chi connectivity index (χ4v) is 3.13. The van der Waals surface area contributed by atoms with Crippen molar-refractivity contribution in [1.29, 1.82) is 0 Å². The van der Waals surface area contributed by atoms with Crippen molar-refractivity contribution in [2.45, 2.75) is 26.2 Å². The van der Waals surface area contributed by atoms with E-state index in [4.69, 9.17) is 4.74 Å². The second-order valence-corrected chi connectivity index (χ2v) is 7.56. The smallest absolute Gasteiger partial charge is 0.185 e. The van der Waals surface area contributed by atoms with E-state index < -0.39 is 0 Å². The van der Waals surface area contributed by atoms with Gasteiger partial charge in [0.05, 0.1) is 6.61 Å². The summed E-state index contributed by atoms with van der Waals surface area (Å²) < 4.78 is 18.8. The van der Waals surface area contributed by atoms with Crippen molar-refractivity contribution in [2.75, 3.05) is 6.61 Å². The lowest BCUT2D eigenvalue weighted by atomic mass is 10.0. The van der Waals surface area contributed by atoms with Gasteiger partial charge in [0.15, 0.2) is 5.78 Å². The number of hydrogen-bond acceptors (Lipinski definition) is 2. The molecule has 0 unspecified atom stereocenters. The molecule has 0 bridgehead atoms. The number of carbonyl (C=O) groups excluding carboxylic acids is 1. The number of ether oxygens (including phenoxy) is 1. The van der Waals surface area contributed by atoms with Gasteiger partial charge in [0, 0.05) is 5.56 Å². The lowest BCUT2D eigenvalue weighted by Crippen LogP contribution is -1.98. The van der Waals surface area contributed by atoms with Crippen molar-refractivity contribution in [3.8, 4) is 5.75 Å². The van der Waals surface area contributed by atoms with Crippen LogP contribution in [0.1, 0.15) is 46.8 Å². The molecule has 0 atom stereocenters. The van der Waals surface area contributed by atoms with Crippen molar-refractivity contribution in [3.63, 3.8) is 0 Å². The van der Waals surface area contributed by atoms with Gasteiger partial charge in [0.25, 0.3) is 0 Å². The maximum Gasteiger partial charge on any atom is 0.185 e. The minimum Gasteiger partial charge on any atom is -0.494 e. The standard InChI is InChI=1S/C28H27FO2/c1-21(2)24-11-6-22(7-12-24)5-3-4-20-31-27-17-8-23(9-18-27)10-19-28(30)25-13-15-26(29)16-14-25/h6-19H,1,3-5,20H2,2H3. The average Bonchev–Trinajstić information content (AvgIpc) is 2.79. The zero-order chi connectivity index (χ0) is 22.1. The van der Waals surface area contributed by atoms with E-state index in [-0.39, 0.29) is 11.6 Å². The molecule has 0 saturated carbocycles. The van der Waals surface area contributed by atoms with Crippen molar-refractivity contribution < 1.29 is 13.9 Å². The maximum absolute atomic E-state index is 12.9. The predicted octanol–water partition coefficient (Wildman–Crippen LogP) is 7.16. The summed E-state index contributed by atoms with van der Waals surface area (Å²) in [5.41, 5.74) is 4.97. The highest BCUT2D eigenvalue weighted by atomic mass is 19.1. The van der Waals surface area contributed by atoms with Gasteiger partial charge in [-0.3, -0.25) is 4.79 Å². The summed E-state index contributed by atoms with van der Waals surface area (Å²) in [7, 11) is 0. The van der Waals surface area contributed by atoms with Gasteiger partial charge in [-0.05, 0) is 85.4 Å². The van der Waals surface area contributed by atoms with E-state index in [9.17, 15) is 9.18 Å². The fourth-order valence-electron chi connectivity index (χ4n) is 3.13. The highest BCUT2D eigenvalue weighted by Gasteiger charge is 2.02. The van der Waals surface area contributed by atoms with E-state index >= 15 is 0 Å². The van der Waals surface area contributed by atoms with Gasteiger partial charge in [-0.2, -0.15) is 0 Å². The third-order valence-corrected chi connectivity index (χ3v) is 5.01. The molecule has 3 heteroatoms. The first-order valence-electron chi connectivity index (χ1n) is 10.5. The minimum absolute atomic E-state index is 0.158. The first-order chi connectivity index (χ1) is 15.0. The molecule has 0 aliphatic carbocycles. The zero-order valence-electron chi connectivity index (χ0n) is 17.8. The Morgan fingerprint density at radius 3 is 2.19 bits per heavy atom. The topological polar surface area (TPSA) is 26.3 Å². The number of allylic oxidation sites excluding steroid dienone is 2. The van der Waals surface area contributed by atoms with Gasteiger partial charge in [0.2, 0.25) is 0 Å². The van der Waals surface area contributed by atoms with Crippen molar-refractivity contribution in [3.05, 3.63) is 114 Å². The molecule has 0 radical (unpaired) electrons. The molecule has 3 rings (SSSR count). The highest BCUT2D eigenvalue weighted by molar-refractivity contribution is 6.06. The maximum atomic E-state index is 12.9. The second-order valence-electron chi connectivity index (χ2n) is 7.56. The fraction of sp³-hybridized carbons (Fsp3) is 0.179. The number of unbranched alkanes of at least 4 members (excludes halogenated alkanes) is 1. The monoisotopic (exact) mass is 414 g/mol. The molecular weight excluding hydrogens is 387 g/mol. The Morgan fingerprint density at radius 1 is 0.903 bits per heavy atom. The number of carbonyl (C=O) groups is 1. The molecule has 0 saturated heterocycles. The van der Waals surface area contributed by atoms with Gasteiger partial charge >= 0.3 is 0 Å². The third-order valence-electron chi connectivity index (χ3n) is 5.01. The Balaban J connectivity index is 1.39. The quantitative estimate of drug-likeness (QED) is 0.200. The van der Waals surface area contributed by atoms with Crippen LogP contribution in [0.25, 0.3) is 11.6 Å². The van der Waals surface area contributed by atoms with E-state index in [0.29, 0.717) is 12.2 Å². The second kappa shape index (κ2) is 11.1. The van der Waals surface area contributed by atoms with Crippen LogP contribution < -0.4 is 4.74 Å². The zero-order valence-corrected chi connectivity index (χ0v) is 17.8. The van der Waals surface area contributed by atoms with E-state index in [1.54, 1.807) is 6.08 Å². The van der Waals surface area contributed by atoms with Gasteiger partial charge < -0.3 is 4.74 Å². The number of ketones is 1.